The summed E-state index contributed by atoms with van der Waals surface area (Å²) in [5.74, 6) is 0.137. The van der Waals surface area contributed by atoms with Gasteiger partial charge in [-0.3, -0.25) is 0 Å². The molecule has 1 N–H and O–H groups in total. The van der Waals surface area contributed by atoms with Gasteiger partial charge in [0.05, 0.1) is 5.75 Å². The first-order valence-corrected chi connectivity index (χ1v) is 7.48. The summed E-state index contributed by atoms with van der Waals surface area (Å²) in [5.41, 5.74) is 1.05. The lowest BCUT2D eigenvalue weighted by Crippen LogP contribution is -2.32. The van der Waals surface area contributed by atoms with Crippen LogP contribution in [0.5, 0.6) is 0 Å². The van der Waals surface area contributed by atoms with Gasteiger partial charge in [0.1, 0.15) is 0 Å². The quantitative estimate of drug-likeness (QED) is 0.918. The van der Waals surface area contributed by atoms with Crippen LogP contribution in [0, 0.1) is 0 Å². The molecular weight excluding hydrogens is 258 g/mol. The molecule has 0 radical (unpaired) electrons. The van der Waals surface area contributed by atoms with Gasteiger partial charge in [0.2, 0.25) is 0 Å². The molecule has 3 nitrogen and oxygen atoms in total. The molecule has 0 saturated carbocycles. The van der Waals surface area contributed by atoms with Crippen LogP contribution in [-0.4, -0.2) is 20.2 Å². The van der Waals surface area contributed by atoms with Crippen LogP contribution in [-0.2, 0) is 9.84 Å². The Bertz CT molecular complexity index is 539. The summed E-state index contributed by atoms with van der Waals surface area (Å²) in [6, 6.07) is 7.50. The van der Waals surface area contributed by atoms with Crippen molar-refractivity contribution in [2.75, 3.05) is 5.75 Å². The molecule has 0 aliphatic carbocycles. The maximum Gasteiger partial charge on any atom is 0.173 e. The zero-order valence-electron chi connectivity index (χ0n) is 9.43. The Balaban J connectivity index is 2.03. The van der Waals surface area contributed by atoms with Crippen LogP contribution < -0.4 is 5.32 Å². The van der Waals surface area contributed by atoms with Crippen LogP contribution in [0.1, 0.15) is 18.5 Å². The highest BCUT2D eigenvalue weighted by molar-refractivity contribution is 7.94. The molecule has 2 rings (SSSR count). The first-order chi connectivity index (χ1) is 7.96. The van der Waals surface area contributed by atoms with E-state index in [-0.39, 0.29) is 17.8 Å². The molecule has 0 amide bonds. The van der Waals surface area contributed by atoms with Gasteiger partial charge in [0, 0.05) is 22.5 Å². The largest absolute Gasteiger partial charge is 0.303 e. The van der Waals surface area contributed by atoms with Gasteiger partial charge < -0.3 is 5.32 Å². The fourth-order valence-electron chi connectivity index (χ4n) is 1.87. The van der Waals surface area contributed by atoms with Crippen LogP contribution in [0.3, 0.4) is 0 Å². The first kappa shape index (κ1) is 12.6. The summed E-state index contributed by atoms with van der Waals surface area (Å²) in [5, 5.41) is 5.21. The standard InChI is InChI=1S/C12H14ClNO2S/c1-9(10-3-2-4-11(13)7-10)14-12-5-6-17(15,16)8-12/h2-7,9,12,14H,8H2,1H3. The topological polar surface area (TPSA) is 46.2 Å². The smallest absolute Gasteiger partial charge is 0.173 e. The molecule has 1 aromatic rings. The Morgan fingerprint density at radius 1 is 1.47 bits per heavy atom. The van der Waals surface area contributed by atoms with Crippen molar-refractivity contribution in [1.29, 1.82) is 0 Å². The first-order valence-electron chi connectivity index (χ1n) is 5.39. The van der Waals surface area contributed by atoms with Crippen molar-refractivity contribution in [3.05, 3.63) is 46.3 Å². The summed E-state index contributed by atoms with van der Waals surface area (Å²) in [7, 11) is -3.00. The van der Waals surface area contributed by atoms with E-state index in [1.54, 1.807) is 6.08 Å². The van der Waals surface area contributed by atoms with E-state index in [1.165, 1.54) is 5.41 Å². The minimum atomic E-state index is -3.00. The Kier molecular flexibility index (Phi) is 3.56. The zero-order valence-corrected chi connectivity index (χ0v) is 11.0. The minimum Gasteiger partial charge on any atom is -0.303 e. The van der Waals surface area contributed by atoms with E-state index in [0.717, 1.165) is 5.56 Å². The van der Waals surface area contributed by atoms with Gasteiger partial charge in [0.25, 0.3) is 0 Å². The number of sulfone groups is 1. The molecule has 0 spiro atoms. The van der Waals surface area contributed by atoms with E-state index in [9.17, 15) is 8.42 Å². The van der Waals surface area contributed by atoms with Gasteiger partial charge in [-0.2, -0.15) is 0 Å². The van der Waals surface area contributed by atoms with E-state index >= 15 is 0 Å². The Labute approximate surface area is 106 Å². The number of rotatable bonds is 3. The van der Waals surface area contributed by atoms with Crippen LogP contribution in [0.4, 0.5) is 0 Å². The second-order valence-electron chi connectivity index (χ2n) is 4.21. The predicted octanol–water partition coefficient (Wildman–Crippen LogP) is 2.30. The molecule has 1 aliphatic heterocycles. The SMILES string of the molecule is CC(NC1C=CS(=O)(=O)C1)c1cccc(Cl)c1. The van der Waals surface area contributed by atoms with Gasteiger partial charge in [-0.05, 0) is 24.6 Å². The summed E-state index contributed by atoms with van der Waals surface area (Å²) in [6.45, 7) is 1.99. The highest BCUT2D eigenvalue weighted by Crippen LogP contribution is 2.19. The van der Waals surface area contributed by atoms with Gasteiger partial charge >= 0.3 is 0 Å². The van der Waals surface area contributed by atoms with Crippen molar-refractivity contribution in [3.8, 4) is 0 Å². The molecule has 2 atom stereocenters. The van der Waals surface area contributed by atoms with Crippen molar-refractivity contribution in [2.24, 2.45) is 0 Å². The highest BCUT2D eigenvalue weighted by Gasteiger charge is 2.22. The Hall–Kier alpha value is -0.840. The van der Waals surface area contributed by atoms with E-state index in [0.29, 0.717) is 5.02 Å². The predicted molar refractivity (Wildman–Crippen MR) is 69.7 cm³/mol. The third kappa shape index (κ3) is 3.31. The van der Waals surface area contributed by atoms with Crippen LogP contribution in [0.25, 0.3) is 0 Å². The lowest BCUT2D eigenvalue weighted by molar-refractivity contribution is 0.535. The Morgan fingerprint density at radius 3 is 2.82 bits per heavy atom. The van der Waals surface area contributed by atoms with E-state index in [2.05, 4.69) is 5.32 Å². The maximum atomic E-state index is 11.3. The molecular formula is C12H14ClNO2S. The fraction of sp³-hybridized carbons (Fsp3) is 0.333. The van der Waals surface area contributed by atoms with Gasteiger partial charge in [-0.15, -0.1) is 0 Å². The molecule has 5 heteroatoms. The van der Waals surface area contributed by atoms with Crippen molar-refractivity contribution in [3.63, 3.8) is 0 Å². The number of nitrogens with one attached hydrogen (secondary N) is 1. The summed E-state index contributed by atoms with van der Waals surface area (Å²) >= 11 is 5.91. The normalized spacial score (nSPS) is 23.8. The third-order valence-corrected chi connectivity index (χ3v) is 4.37. The van der Waals surface area contributed by atoms with Crippen molar-refractivity contribution in [1.82, 2.24) is 5.32 Å². The molecule has 1 aromatic carbocycles. The molecule has 92 valence electrons. The lowest BCUT2D eigenvalue weighted by atomic mass is 10.1. The fourth-order valence-corrected chi connectivity index (χ4v) is 3.32. The number of halogens is 1. The number of hydrogen-bond acceptors (Lipinski definition) is 3. The molecule has 1 heterocycles. The minimum absolute atomic E-state index is 0.0663. The second-order valence-corrected chi connectivity index (χ2v) is 6.58. The highest BCUT2D eigenvalue weighted by atomic mass is 35.5. The van der Waals surface area contributed by atoms with E-state index < -0.39 is 9.84 Å². The Morgan fingerprint density at radius 2 is 2.24 bits per heavy atom. The molecule has 2 unspecified atom stereocenters. The zero-order chi connectivity index (χ0) is 12.5. The van der Waals surface area contributed by atoms with Crippen LogP contribution in [0.15, 0.2) is 35.7 Å². The third-order valence-electron chi connectivity index (χ3n) is 2.74. The molecule has 0 aromatic heterocycles. The van der Waals surface area contributed by atoms with Crippen LogP contribution >= 0.6 is 11.6 Å². The van der Waals surface area contributed by atoms with Gasteiger partial charge in [-0.1, -0.05) is 29.8 Å². The van der Waals surface area contributed by atoms with Crippen molar-refractivity contribution < 1.29 is 8.42 Å². The second kappa shape index (κ2) is 4.80. The van der Waals surface area contributed by atoms with Gasteiger partial charge in [-0.25, -0.2) is 8.42 Å². The van der Waals surface area contributed by atoms with Crippen molar-refractivity contribution >= 4 is 21.4 Å². The van der Waals surface area contributed by atoms with Gasteiger partial charge in [0.15, 0.2) is 9.84 Å². The summed E-state index contributed by atoms with van der Waals surface area (Å²) < 4.78 is 22.5. The molecule has 1 aliphatic rings. The van der Waals surface area contributed by atoms with Crippen molar-refractivity contribution in [2.45, 2.75) is 19.0 Å². The molecule has 0 saturated heterocycles. The number of benzene rings is 1. The number of hydrogen-bond donors (Lipinski definition) is 1. The molecule has 0 bridgehead atoms. The molecule has 17 heavy (non-hydrogen) atoms. The van der Waals surface area contributed by atoms with E-state index in [1.807, 2.05) is 31.2 Å². The average molecular weight is 272 g/mol. The monoisotopic (exact) mass is 271 g/mol. The average Bonchev–Trinajstić information content (AvgIpc) is 2.58. The lowest BCUT2D eigenvalue weighted by Gasteiger charge is -2.18. The summed E-state index contributed by atoms with van der Waals surface area (Å²) in [4.78, 5) is 0. The maximum absolute atomic E-state index is 11.3. The van der Waals surface area contributed by atoms with E-state index in [4.69, 9.17) is 11.6 Å². The van der Waals surface area contributed by atoms with Crippen LogP contribution in [0.2, 0.25) is 5.02 Å². The molecule has 0 fully saturated rings. The summed E-state index contributed by atoms with van der Waals surface area (Å²) in [6.07, 6.45) is 1.69.